The molecular weight excluding hydrogens is 348 g/mol. The third-order valence-electron chi connectivity index (χ3n) is 3.92. The lowest BCUT2D eigenvalue weighted by Crippen LogP contribution is -2.03. The van der Waals surface area contributed by atoms with Gasteiger partial charge in [0.05, 0.1) is 12.4 Å². The van der Waals surface area contributed by atoms with E-state index in [1.165, 1.54) is 11.8 Å². The molecule has 0 saturated carbocycles. The number of benzene rings is 2. The quantitative estimate of drug-likeness (QED) is 0.413. The molecule has 0 saturated heterocycles. The van der Waals surface area contributed by atoms with Gasteiger partial charge in [0.15, 0.2) is 11.4 Å². The zero-order valence-electron chi connectivity index (χ0n) is 14.1. The normalized spacial score (nSPS) is 11.1. The molecule has 6 nitrogen and oxygen atoms in total. The molecule has 0 bridgehead atoms. The number of ether oxygens (including phenoxy) is 1. The Balaban J connectivity index is 1.48. The molecule has 26 heavy (non-hydrogen) atoms. The van der Waals surface area contributed by atoms with Gasteiger partial charge in [-0.05, 0) is 37.3 Å². The van der Waals surface area contributed by atoms with Crippen LogP contribution in [0.2, 0.25) is 0 Å². The number of para-hydroxylation sites is 1. The van der Waals surface area contributed by atoms with Crippen molar-refractivity contribution in [1.82, 2.24) is 20.2 Å². The first kappa shape index (κ1) is 16.5. The largest absolute Gasteiger partial charge is 0.494 e. The summed E-state index contributed by atoms with van der Waals surface area (Å²) in [5, 5.41) is 9.87. The average molecular weight is 364 g/mol. The second-order valence-electron chi connectivity index (χ2n) is 5.63. The number of thioether (sulfide) groups is 1. The number of hydrogen-bond donors (Lipinski definition) is 1. The van der Waals surface area contributed by atoms with Crippen molar-refractivity contribution in [2.75, 3.05) is 12.4 Å². The molecule has 0 aliphatic heterocycles. The van der Waals surface area contributed by atoms with E-state index < -0.39 is 0 Å². The van der Waals surface area contributed by atoms with Gasteiger partial charge >= 0.3 is 0 Å². The fourth-order valence-electron chi connectivity index (χ4n) is 2.68. The van der Waals surface area contributed by atoms with E-state index >= 15 is 0 Å². The van der Waals surface area contributed by atoms with Gasteiger partial charge in [-0.25, -0.2) is 4.98 Å². The molecule has 130 valence electrons. The number of rotatable bonds is 6. The number of nitrogens with zero attached hydrogens (tertiary/aromatic N) is 3. The highest BCUT2D eigenvalue weighted by Crippen LogP contribution is 2.23. The van der Waals surface area contributed by atoms with E-state index in [4.69, 9.17) is 4.74 Å². The van der Waals surface area contributed by atoms with Crippen LogP contribution in [0.4, 0.5) is 0 Å². The Bertz CT molecular complexity index is 1080. The predicted molar refractivity (Wildman–Crippen MR) is 102 cm³/mol. The number of H-pyrrole nitrogens is 1. The summed E-state index contributed by atoms with van der Waals surface area (Å²) in [6.07, 6.45) is 0. The zero-order chi connectivity index (χ0) is 17.9. The van der Waals surface area contributed by atoms with Crippen LogP contribution >= 0.6 is 11.8 Å². The van der Waals surface area contributed by atoms with Gasteiger partial charge in [-0.2, -0.15) is 0 Å². The Morgan fingerprint density at radius 1 is 1.12 bits per heavy atom. The number of aromatic nitrogens is 4. The molecule has 2 aromatic carbocycles. The lowest BCUT2D eigenvalue weighted by molar-refractivity contribution is 0.102. The minimum atomic E-state index is 0.0124. The van der Waals surface area contributed by atoms with E-state index in [2.05, 4.69) is 20.2 Å². The number of carbonyl (C=O) groups excluding carboxylic acids is 1. The predicted octanol–water partition coefficient (Wildman–Crippen LogP) is 3.88. The minimum absolute atomic E-state index is 0.0124. The lowest BCUT2D eigenvalue weighted by atomic mass is 10.1. The number of aromatic amines is 1. The molecule has 0 atom stereocenters. The summed E-state index contributed by atoms with van der Waals surface area (Å²) in [6.45, 7) is 2.53. The Labute approximate surface area is 154 Å². The topological polar surface area (TPSA) is 80.8 Å². The van der Waals surface area contributed by atoms with Crippen LogP contribution in [0, 0.1) is 0 Å². The van der Waals surface area contributed by atoms with Crippen LogP contribution in [-0.4, -0.2) is 38.3 Å². The summed E-state index contributed by atoms with van der Waals surface area (Å²) < 4.78 is 5.39. The Hall–Kier alpha value is -2.93. The first-order valence-corrected chi connectivity index (χ1v) is 9.23. The third-order valence-corrected chi connectivity index (χ3v) is 4.76. The highest BCUT2D eigenvalue weighted by molar-refractivity contribution is 7.99. The molecule has 0 fully saturated rings. The van der Waals surface area contributed by atoms with Crippen LogP contribution in [0.1, 0.15) is 17.3 Å². The van der Waals surface area contributed by atoms with Crippen molar-refractivity contribution in [3.8, 4) is 5.75 Å². The summed E-state index contributed by atoms with van der Waals surface area (Å²) >= 11 is 1.28. The van der Waals surface area contributed by atoms with Crippen LogP contribution in [0.15, 0.2) is 53.7 Å². The number of fused-ring (bicyclic) bond motifs is 3. The molecule has 2 aromatic heterocycles. The van der Waals surface area contributed by atoms with Gasteiger partial charge in [0.1, 0.15) is 11.3 Å². The molecule has 1 N–H and O–H groups in total. The summed E-state index contributed by atoms with van der Waals surface area (Å²) in [4.78, 5) is 20.1. The first-order chi connectivity index (χ1) is 12.7. The lowest BCUT2D eigenvalue weighted by Gasteiger charge is -2.04. The Morgan fingerprint density at radius 3 is 2.73 bits per heavy atom. The van der Waals surface area contributed by atoms with Gasteiger partial charge in [0, 0.05) is 16.5 Å². The fraction of sp³-hybridized carbons (Fsp3) is 0.158. The van der Waals surface area contributed by atoms with Gasteiger partial charge in [0.25, 0.3) is 0 Å². The van der Waals surface area contributed by atoms with Crippen molar-refractivity contribution in [2.24, 2.45) is 0 Å². The highest BCUT2D eigenvalue weighted by atomic mass is 32.2. The van der Waals surface area contributed by atoms with Crippen LogP contribution < -0.4 is 4.74 Å². The second kappa shape index (κ2) is 7.13. The van der Waals surface area contributed by atoms with Gasteiger partial charge in [-0.1, -0.05) is 30.0 Å². The standard InChI is InChI=1S/C19H16N4O2S/c1-2-25-13-9-7-12(8-10-13)16(24)11-26-19-21-18-17(22-23-19)14-5-3-4-6-15(14)20-18/h3-10H,2,11H2,1H3,(H,20,21,23). The van der Waals surface area contributed by atoms with E-state index in [1.807, 2.05) is 31.2 Å². The van der Waals surface area contributed by atoms with E-state index in [0.717, 1.165) is 22.2 Å². The molecule has 4 rings (SSSR count). The number of hydrogen-bond acceptors (Lipinski definition) is 6. The minimum Gasteiger partial charge on any atom is -0.494 e. The van der Waals surface area contributed by atoms with Crippen molar-refractivity contribution >= 4 is 39.6 Å². The first-order valence-electron chi connectivity index (χ1n) is 8.24. The van der Waals surface area contributed by atoms with E-state index in [-0.39, 0.29) is 11.5 Å². The van der Waals surface area contributed by atoms with E-state index in [1.54, 1.807) is 24.3 Å². The van der Waals surface area contributed by atoms with Crippen LogP contribution in [0.25, 0.3) is 22.1 Å². The maximum atomic E-state index is 12.3. The van der Waals surface area contributed by atoms with Crippen molar-refractivity contribution in [1.29, 1.82) is 0 Å². The van der Waals surface area contributed by atoms with Crippen molar-refractivity contribution < 1.29 is 9.53 Å². The number of carbonyl (C=O) groups is 1. The van der Waals surface area contributed by atoms with Crippen molar-refractivity contribution in [2.45, 2.75) is 12.1 Å². The maximum absolute atomic E-state index is 12.3. The van der Waals surface area contributed by atoms with Gasteiger partial charge in [0.2, 0.25) is 5.16 Å². The second-order valence-corrected chi connectivity index (χ2v) is 6.57. The SMILES string of the molecule is CCOc1ccc(C(=O)CSc2nnc3c(n2)[nH]c2ccccc23)cc1. The molecule has 0 aliphatic rings. The zero-order valence-corrected chi connectivity index (χ0v) is 14.9. The smallest absolute Gasteiger partial charge is 0.211 e. The van der Waals surface area contributed by atoms with Gasteiger partial charge in [-0.15, -0.1) is 10.2 Å². The van der Waals surface area contributed by atoms with Crippen molar-refractivity contribution in [3.05, 3.63) is 54.1 Å². The molecule has 0 spiro atoms. The number of Topliss-reactive ketones (excluding diaryl/α,β-unsaturated/α-hetero) is 1. The van der Waals surface area contributed by atoms with Gasteiger partial charge in [-0.3, -0.25) is 4.79 Å². The molecule has 0 unspecified atom stereocenters. The number of ketones is 1. The molecule has 7 heteroatoms. The summed E-state index contributed by atoms with van der Waals surface area (Å²) in [5.41, 5.74) is 3.03. The van der Waals surface area contributed by atoms with Crippen LogP contribution in [0.3, 0.4) is 0 Å². The average Bonchev–Trinajstić information content (AvgIpc) is 3.04. The van der Waals surface area contributed by atoms with Crippen molar-refractivity contribution in [3.63, 3.8) is 0 Å². The van der Waals surface area contributed by atoms with Gasteiger partial charge < -0.3 is 9.72 Å². The fourth-order valence-corrected chi connectivity index (χ4v) is 3.37. The molecule has 4 aromatic rings. The summed E-state index contributed by atoms with van der Waals surface area (Å²) in [5.74, 6) is 1.02. The molecule has 0 amide bonds. The van der Waals surface area contributed by atoms with Crippen LogP contribution in [0.5, 0.6) is 5.75 Å². The molecule has 0 radical (unpaired) electrons. The monoisotopic (exact) mass is 364 g/mol. The number of nitrogens with one attached hydrogen (secondary N) is 1. The summed E-state index contributed by atoms with van der Waals surface area (Å²) in [6, 6.07) is 15.0. The summed E-state index contributed by atoms with van der Waals surface area (Å²) in [7, 11) is 0. The molecule has 2 heterocycles. The Morgan fingerprint density at radius 2 is 1.92 bits per heavy atom. The molecular formula is C19H16N4O2S. The molecule has 0 aliphatic carbocycles. The maximum Gasteiger partial charge on any atom is 0.211 e. The van der Waals surface area contributed by atoms with Crippen LogP contribution in [-0.2, 0) is 0 Å². The Kier molecular flexibility index (Phi) is 4.53. The van der Waals surface area contributed by atoms with E-state index in [0.29, 0.717) is 23.0 Å². The van der Waals surface area contributed by atoms with E-state index in [9.17, 15) is 4.79 Å². The third kappa shape index (κ3) is 3.25. The highest BCUT2D eigenvalue weighted by Gasteiger charge is 2.12.